The number of ether oxygens (including phenoxy) is 1. The summed E-state index contributed by atoms with van der Waals surface area (Å²) < 4.78 is 5.02. The summed E-state index contributed by atoms with van der Waals surface area (Å²) in [7, 11) is 1.87. The Kier molecular flexibility index (Phi) is 6.04. The Morgan fingerprint density at radius 1 is 1.35 bits per heavy atom. The Morgan fingerprint density at radius 3 is 2.71 bits per heavy atom. The molecule has 1 rings (SSSR count). The Balaban J connectivity index is 2.32. The average Bonchev–Trinajstić information content (AvgIpc) is 2.34. The van der Waals surface area contributed by atoms with Crippen LogP contribution in [0.4, 0.5) is 0 Å². The summed E-state index contributed by atoms with van der Waals surface area (Å²) in [6, 6.07) is 7.97. The van der Waals surface area contributed by atoms with Crippen molar-refractivity contribution in [3.8, 4) is 0 Å². The lowest BCUT2D eigenvalue weighted by atomic mass is 10.1. The topological polar surface area (TPSA) is 38.3 Å². The van der Waals surface area contributed by atoms with Gasteiger partial charge >= 0.3 is 5.97 Å². The van der Waals surface area contributed by atoms with E-state index < -0.39 is 0 Å². The first-order chi connectivity index (χ1) is 8.22. The quantitative estimate of drug-likeness (QED) is 0.465. The maximum atomic E-state index is 11.3. The number of hydrogen-bond acceptors (Lipinski definition) is 3. The van der Waals surface area contributed by atoms with Crippen LogP contribution < -0.4 is 5.32 Å². The summed E-state index contributed by atoms with van der Waals surface area (Å²) in [6.07, 6.45) is 4.06. The fraction of sp³-hybridized carbons (Fsp3) is 0.357. The largest absolute Gasteiger partial charge is 0.462 e. The number of benzene rings is 1. The summed E-state index contributed by atoms with van der Waals surface area (Å²) in [6.45, 7) is 3.34. The molecular formula is C14H19NO2. The average molecular weight is 233 g/mol. The van der Waals surface area contributed by atoms with Crippen molar-refractivity contribution in [3.05, 3.63) is 41.5 Å². The highest BCUT2D eigenvalue weighted by molar-refractivity contribution is 5.87. The fourth-order valence-electron chi connectivity index (χ4n) is 1.31. The van der Waals surface area contributed by atoms with E-state index in [-0.39, 0.29) is 5.97 Å². The van der Waals surface area contributed by atoms with Crippen LogP contribution in [0.5, 0.6) is 0 Å². The van der Waals surface area contributed by atoms with Gasteiger partial charge in [0.25, 0.3) is 0 Å². The van der Waals surface area contributed by atoms with E-state index in [1.165, 1.54) is 11.6 Å². The molecule has 3 heteroatoms. The molecule has 17 heavy (non-hydrogen) atoms. The molecule has 92 valence electrons. The first-order valence-corrected chi connectivity index (χ1v) is 5.78. The summed E-state index contributed by atoms with van der Waals surface area (Å²) in [5.74, 6) is -0.290. The normalized spacial score (nSPS) is 10.7. The molecular weight excluding hydrogens is 214 g/mol. The van der Waals surface area contributed by atoms with Crippen molar-refractivity contribution in [2.24, 2.45) is 0 Å². The number of carbonyl (C=O) groups excluding carboxylic acids is 1. The van der Waals surface area contributed by atoms with Crippen LogP contribution in [0.1, 0.15) is 17.5 Å². The van der Waals surface area contributed by atoms with E-state index in [1.54, 1.807) is 6.08 Å². The Bertz CT molecular complexity index is 368. The molecule has 0 saturated carbocycles. The zero-order valence-corrected chi connectivity index (χ0v) is 10.4. The SMILES string of the molecule is CNCCCOC(=O)/C=C/c1ccc(C)cc1. The fourth-order valence-corrected chi connectivity index (χ4v) is 1.31. The number of aryl methyl sites for hydroxylation is 1. The van der Waals surface area contributed by atoms with E-state index in [0.717, 1.165) is 18.5 Å². The van der Waals surface area contributed by atoms with Crippen LogP contribution in [-0.4, -0.2) is 26.2 Å². The van der Waals surface area contributed by atoms with Gasteiger partial charge in [0.05, 0.1) is 6.61 Å². The van der Waals surface area contributed by atoms with Crippen LogP contribution in [0.2, 0.25) is 0 Å². The molecule has 0 aromatic heterocycles. The number of rotatable bonds is 6. The third-order valence-electron chi connectivity index (χ3n) is 2.30. The summed E-state index contributed by atoms with van der Waals surface area (Å²) >= 11 is 0. The highest BCUT2D eigenvalue weighted by Gasteiger charge is 1.96. The monoisotopic (exact) mass is 233 g/mol. The van der Waals surface area contributed by atoms with Crippen molar-refractivity contribution in [1.82, 2.24) is 5.32 Å². The molecule has 0 aliphatic carbocycles. The Hall–Kier alpha value is -1.61. The van der Waals surface area contributed by atoms with Crippen molar-refractivity contribution in [3.63, 3.8) is 0 Å². The van der Waals surface area contributed by atoms with Gasteiger partial charge in [-0.3, -0.25) is 0 Å². The van der Waals surface area contributed by atoms with Gasteiger partial charge in [0, 0.05) is 6.08 Å². The van der Waals surface area contributed by atoms with Crippen LogP contribution in [-0.2, 0) is 9.53 Å². The maximum Gasteiger partial charge on any atom is 0.330 e. The van der Waals surface area contributed by atoms with E-state index in [0.29, 0.717) is 6.61 Å². The van der Waals surface area contributed by atoms with Gasteiger partial charge in [-0.2, -0.15) is 0 Å². The van der Waals surface area contributed by atoms with E-state index in [2.05, 4.69) is 5.32 Å². The lowest BCUT2D eigenvalue weighted by molar-refractivity contribution is -0.137. The molecule has 0 heterocycles. The van der Waals surface area contributed by atoms with Gasteiger partial charge in [0.1, 0.15) is 0 Å². The minimum atomic E-state index is -0.290. The van der Waals surface area contributed by atoms with Crippen LogP contribution >= 0.6 is 0 Å². The first kappa shape index (κ1) is 13.5. The van der Waals surface area contributed by atoms with Crippen molar-refractivity contribution < 1.29 is 9.53 Å². The van der Waals surface area contributed by atoms with Crippen molar-refractivity contribution >= 4 is 12.0 Å². The van der Waals surface area contributed by atoms with E-state index >= 15 is 0 Å². The molecule has 0 bridgehead atoms. The van der Waals surface area contributed by atoms with Crippen LogP contribution in [0, 0.1) is 6.92 Å². The van der Waals surface area contributed by atoms with Crippen molar-refractivity contribution in [2.45, 2.75) is 13.3 Å². The number of hydrogen-bond donors (Lipinski definition) is 1. The van der Waals surface area contributed by atoms with E-state index in [9.17, 15) is 4.79 Å². The standard InChI is InChI=1S/C14H19NO2/c1-12-4-6-13(7-5-12)8-9-14(16)17-11-3-10-15-2/h4-9,15H,3,10-11H2,1-2H3/b9-8+. The van der Waals surface area contributed by atoms with Gasteiger partial charge in [-0.15, -0.1) is 0 Å². The summed E-state index contributed by atoms with van der Waals surface area (Å²) in [5.41, 5.74) is 2.21. The predicted octanol–water partition coefficient (Wildman–Crippen LogP) is 2.16. The van der Waals surface area contributed by atoms with E-state index in [1.807, 2.05) is 38.2 Å². The molecule has 1 aromatic rings. The van der Waals surface area contributed by atoms with Gasteiger partial charge in [-0.25, -0.2) is 4.79 Å². The van der Waals surface area contributed by atoms with Gasteiger partial charge in [0.2, 0.25) is 0 Å². The molecule has 0 fully saturated rings. The van der Waals surface area contributed by atoms with Gasteiger partial charge < -0.3 is 10.1 Å². The molecule has 0 unspecified atom stereocenters. The molecule has 1 aromatic carbocycles. The molecule has 3 nitrogen and oxygen atoms in total. The molecule has 0 radical (unpaired) electrons. The minimum Gasteiger partial charge on any atom is -0.462 e. The number of nitrogens with one attached hydrogen (secondary N) is 1. The molecule has 0 aliphatic rings. The molecule has 0 amide bonds. The summed E-state index contributed by atoms with van der Waals surface area (Å²) in [4.78, 5) is 11.3. The Morgan fingerprint density at radius 2 is 2.06 bits per heavy atom. The van der Waals surface area contributed by atoms with Crippen molar-refractivity contribution in [2.75, 3.05) is 20.2 Å². The van der Waals surface area contributed by atoms with Gasteiger partial charge in [-0.05, 0) is 38.6 Å². The lowest BCUT2D eigenvalue weighted by Gasteiger charge is -2.01. The third kappa shape index (κ3) is 5.88. The third-order valence-corrected chi connectivity index (χ3v) is 2.30. The van der Waals surface area contributed by atoms with Gasteiger partial charge in [0.15, 0.2) is 0 Å². The number of esters is 1. The smallest absolute Gasteiger partial charge is 0.330 e. The van der Waals surface area contributed by atoms with Crippen LogP contribution in [0.25, 0.3) is 6.08 Å². The van der Waals surface area contributed by atoms with Gasteiger partial charge in [-0.1, -0.05) is 29.8 Å². The number of carbonyl (C=O) groups is 1. The minimum absolute atomic E-state index is 0.290. The van der Waals surface area contributed by atoms with Crippen LogP contribution in [0.3, 0.4) is 0 Å². The molecule has 0 saturated heterocycles. The lowest BCUT2D eigenvalue weighted by Crippen LogP contribution is -2.12. The first-order valence-electron chi connectivity index (χ1n) is 5.78. The maximum absolute atomic E-state index is 11.3. The second-order valence-corrected chi connectivity index (χ2v) is 3.87. The molecule has 0 atom stereocenters. The highest BCUT2D eigenvalue weighted by atomic mass is 16.5. The molecule has 1 N–H and O–H groups in total. The predicted molar refractivity (Wildman–Crippen MR) is 69.7 cm³/mol. The zero-order chi connectivity index (χ0) is 12.5. The second kappa shape index (κ2) is 7.63. The summed E-state index contributed by atoms with van der Waals surface area (Å²) in [5, 5.41) is 3.00. The van der Waals surface area contributed by atoms with Crippen LogP contribution in [0.15, 0.2) is 30.3 Å². The van der Waals surface area contributed by atoms with E-state index in [4.69, 9.17) is 4.74 Å². The molecule has 0 spiro atoms. The zero-order valence-electron chi connectivity index (χ0n) is 10.4. The second-order valence-electron chi connectivity index (χ2n) is 3.87. The highest BCUT2D eigenvalue weighted by Crippen LogP contribution is 2.04. The Labute approximate surface area is 102 Å². The molecule has 0 aliphatic heterocycles. The van der Waals surface area contributed by atoms with Crippen molar-refractivity contribution in [1.29, 1.82) is 0 Å².